The number of hydrogen-bond acceptors (Lipinski definition) is 6. The van der Waals surface area contributed by atoms with E-state index in [1.807, 2.05) is 46.9 Å². The van der Waals surface area contributed by atoms with E-state index in [4.69, 9.17) is 4.42 Å². The van der Waals surface area contributed by atoms with E-state index in [2.05, 4.69) is 26.7 Å². The molecule has 0 aliphatic carbocycles. The highest BCUT2D eigenvalue weighted by molar-refractivity contribution is 7.99. The highest BCUT2D eigenvalue weighted by Gasteiger charge is 2.15. The number of aryl methyl sites for hydroxylation is 4. The molecule has 8 heteroatoms. The number of carbonyl (C=O) groups excluding carboxylic acids is 1. The summed E-state index contributed by atoms with van der Waals surface area (Å²) in [6.45, 7) is 7.82. The van der Waals surface area contributed by atoms with Crippen LogP contribution in [-0.2, 0) is 11.8 Å². The van der Waals surface area contributed by atoms with E-state index in [9.17, 15) is 4.79 Å². The van der Waals surface area contributed by atoms with Gasteiger partial charge in [0.15, 0.2) is 0 Å². The Bertz CT molecular complexity index is 940. The lowest BCUT2D eigenvalue weighted by molar-refractivity contribution is -0.113. The summed E-state index contributed by atoms with van der Waals surface area (Å²) in [6.07, 6.45) is 0. The number of benzene rings is 1. The Hall–Kier alpha value is -2.61. The fourth-order valence-corrected chi connectivity index (χ4v) is 3.30. The van der Waals surface area contributed by atoms with Crippen LogP contribution in [0.3, 0.4) is 0 Å². The average Bonchev–Trinajstić information content (AvgIpc) is 3.13. The van der Waals surface area contributed by atoms with Gasteiger partial charge in [-0.15, -0.1) is 10.2 Å². The molecule has 0 bridgehead atoms. The van der Waals surface area contributed by atoms with Crippen molar-refractivity contribution in [2.45, 2.75) is 32.9 Å². The molecule has 0 spiro atoms. The third-order valence-electron chi connectivity index (χ3n) is 3.98. The number of carbonyl (C=O) groups is 1. The summed E-state index contributed by atoms with van der Waals surface area (Å²) in [5.41, 5.74) is 5.60. The minimum absolute atomic E-state index is 0.139. The molecule has 3 aromatic rings. The molecule has 0 saturated heterocycles. The normalized spacial score (nSPS) is 11.0. The predicted octanol–water partition coefficient (Wildman–Crippen LogP) is 3.43. The molecule has 0 saturated carbocycles. The molecule has 0 aliphatic rings. The van der Waals surface area contributed by atoms with Crippen LogP contribution in [0, 0.1) is 27.7 Å². The number of aromatic nitrogens is 4. The smallest absolute Gasteiger partial charge is 0.277 e. The fraction of sp³-hybridized carbons (Fsp3) is 0.333. The van der Waals surface area contributed by atoms with Crippen molar-refractivity contribution in [3.05, 3.63) is 40.7 Å². The van der Waals surface area contributed by atoms with Crippen LogP contribution in [0.1, 0.15) is 22.5 Å². The quantitative estimate of drug-likeness (QED) is 0.692. The molecule has 0 aliphatic heterocycles. The van der Waals surface area contributed by atoms with Gasteiger partial charge in [-0.1, -0.05) is 29.0 Å². The molecular formula is C18H21N5O2S. The van der Waals surface area contributed by atoms with E-state index in [1.54, 1.807) is 4.68 Å². The highest BCUT2D eigenvalue weighted by atomic mass is 32.2. The van der Waals surface area contributed by atoms with Crippen molar-refractivity contribution in [2.24, 2.45) is 7.05 Å². The summed E-state index contributed by atoms with van der Waals surface area (Å²) in [6, 6.07) is 6.08. The zero-order valence-corrected chi connectivity index (χ0v) is 16.3. The van der Waals surface area contributed by atoms with Gasteiger partial charge in [0.05, 0.1) is 22.8 Å². The van der Waals surface area contributed by atoms with Crippen LogP contribution in [0.5, 0.6) is 0 Å². The first-order chi connectivity index (χ1) is 12.3. The van der Waals surface area contributed by atoms with Gasteiger partial charge in [0.25, 0.3) is 5.22 Å². The van der Waals surface area contributed by atoms with Crippen molar-refractivity contribution in [3.8, 4) is 11.5 Å². The second-order valence-electron chi connectivity index (χ2n) is 6.26. The van der Waals surface area contributed by atoms with Gasteiger partial charge in [-0.25, -0.2) is 0 Å². The first-order valence-corrected chi connectivity index (χ1v) is 9.17. The molecule has 7 nitrogen and oxygen atoms in total. The van der Waals surface area contributed by atoms with Crippen LogP contribution in [-0.4, -0.2) is 31.6 Å². The van der Waals surface area contributed by atoms with E-state index in [-0.39, 0.29) is 11.7 Å². The highest BCUT2D eigenvalue weighted by Crippen LogP contribution is 2.25. The maximum atomic E-state index is 12.2. The third kappa shape index (κ3) is 3.96. The molecule has 2 heterocycles. The van der Waals surface area contributed by atoms with Gasteiger partial charge in [-0.2, -0.15) is 5.10 Å². The SMILES string of the molecule is Cc1cc(C)cc(-c2nnc(SCC(=O)Nc3c(C)nn(C)c3C)o2)c1. The number of rotatable bonds is 5. The van der Waals surface area contributed by atoms with Crippen LogP contribution < -0.4 is 5.32 Å². The molecule has 0 fully saturated rings. The van der Waals surface area contributed by atoms with Crippen LogP contribution >= 0.6 is 11.8 Å². The summed E-state index contributed by atoms with van der Waals surface area (Å²) in [4.78, 5) is 12.2. The first kappa shape index (κ1) is 18.2. The van der Waals surface area contributed by atoms with Crippen molar-refractivity contribution in [1.82, 2.24) is 20.0 Å². The molecule has 1 aromatic carbocycles. The van der Waals surface area contributed by atoms with Gasteiger partial charge >= 0.3 is 0 Å². The van der Waals surface area contributed by atoms with Crippen molar-refractivity contribution in [3.63, 3.8) is 0 Å². The van der Waals surface area contributed by atoms with Gasteiger partial charge < -0.3 is 9.73 Å². The van der Waals surface area contributed by atoms with Crippen LogP contribution in [0.4, 0.5) is 5.69 Å². The van der Waals surface area contributed by atoms with Gasteiger partial charge in [0, 0.05) is 12.6 Å². The lowest BCUT2D eigenvalue weighted by atomic mass is 10.1. The van der Waals surface area contributed by atoms with Gasteiger partial charge in [0.2, 0.25) is 11.8 Å². The molecule has 3 rings (SSSR count). The topological polar surface area (TPSA) is 85.8 Å². The Labute approximate surface area is 156 Å². The Balaban J connectivity index is 1.63. The van der Waals surface area contributed by atoms with E-state index >= 15 is 0 Å². The van der Waals surface area contributed by atoms with Crippen LogP contribution in [0.2, 0.25) is 0 Å². The predicted molar refractivity (Wildman–Crippen MR) is 101 cm³/mol. The summed E-state index contributed by atoms with van der Waals surface area (Å²) in [7, 11) is 1.85. The lowest BCUT2D eigenvalue weighted by Crippen LogP contribution is -2.15. The maximum absolute atomic E-state index is 12.2. The summed E-state index contributed by atoms with van der Waals surface area (Å²) in [5.74, 6) is 0.501. The van der Waals surface area contributed by atoms with Crippen molar-refractivity contribution in [1.29, 1.82) is 0 Å². The van der Waals surface area contributed by atoms with E-state index in [0.29, 0.717) is 11.1 Å². The number of nitrogens with one attached hydrogen (secondary N) is 1. The molecule has 26 heavy (non-hydrogen) atoms. The maximum Gasteiger partial charge on any atom is 0.277 e. The molecule has 0 radical (unpaired) electrons. The first-order valence-electron chi connectivity index (χ1n) is 8.18. The zero-order chi connectivity index (χ0) is 18.8. The van der Waals surface area contributed by atoms with Crippen molar-refractivity contribution < 1.29 is 9.21 Å². The largest absolute Gasteiger partial charge is 0.411 e. The lowest BCUT2D eigenvalue weighted by Gasteiger charge is -2.04. The molecule has 0 unspecified atom stereocenters. The average molecular weight is 371 g/mol. The van der Waals surface area contributed by atoms with Gasteiger partial charge in [-0.05, 0) is 39.8 Å². The molecule has 2 aromatic heterocycles. The van der Waals surface area contributed by atoms with Gasteiger partial charge in [-0.3, -0.25) is 9.48 Å². The number of hydrogen-bond donors (Lipinski definition) is 1. The zero-order valence-electron chi connectivity index (χ0n) is 15.5. The summed E-state index contributed by atoms with van der Waals surface area (Å²) >= 11 is 1.21. The summed E-state index contributed by atoms with van der Waals surface area (Å²) < 4.78 is 7.42. The molecule has 1 N–H and O–H groups in total. The Morgan fingerprint density at radius 1 is 1.15 bits per heavy atom. The molecular weight excluding hydrogens is 350 g/mol. The number of anilines is 1. The van der Waals surface area contributed by atoms with Crippen LogP contribution in [0.25, 0.3) is 11.5 Å². The second-order valence-corrected chi connectivity index (χ2v) is 7.18. The Morgan fingerprint density at radius 2 is 1.85 bits per heavy atom. The van der Waals surface area contributed by atoms with E-state index in [0.717, 1.165) is 33.8 Å². The number of amides is 1. The molecule has 0 atom stereocenters. The van der Waals surface area contributed by atoms with Gasteiger partial charge in [0.1, 0.15) is 0 Å². The Kier molecular flexibility index (Phi) is 5.13. The monoisotopic (exact) mass is 371 g/mol. The fourth-order valence-electron chi connectivity index (χ4n) is 2.74. The summed E-state index contributed by atoms with van der Waals surface area (Å²) in [5, 5.41) is 15.6. The minimum Gasteiger partial charge on any atom is -0.411 e. The van der Waals surface area contributed by atoms with Crippen LogP contribution in [0.15, 0.2) is 27.8 Å². The molecule has 1 amide bonds. The third-order valence-corrected chi connectivity index (χ3v) is 4.79. The second kappa shape index (κ2) is 7.33. The van der Waals surface area contributed by atoms with Crippen molar-refractivity contribution in [2.75, 3.05) is 11.1 Å². The number of thioether (sulfide) groups is 1. The molecule has 136 valence electrons. The Morgan fingerprint density at radius 3 is 2.46 bits per heavy atom. The van der Waals surface area contributed by atoms with E-state index < -0.39 is 0 Å². The number of nitrogens with zero attached hydrogens (tertiary/aromatic N) is 4. The minimum atomic E-state index is -0.139. The van der Waals surface area contributed by atoms with Crippen molar-refractivity contribution >= 4 is 23.4 Å². The standard InChI is InChI=1S/C18H21N5O2S/c1-10-6-11(2)8-14(7-10)17-20-21-18(25-17)26-9-15(24)19-16-12(3)22-23(5)13(16)4/h6-8H,9H2,1-5H3,(H,19,24). The van der Waals surface area contributed by atoms with E-state index in [1.165, 1.54) is 11.8 Å².